The van der Waals surface area contributed by atoms with Crippen LogP contribution in [-0.2, 0) is 5.54 Å². The van der Waals surface area contributed by atoms with E-state index in [0.29, 0.717) is 5.69 Å². The highest BCUT2D eigenvalue weighted by molar-refractivity contribution is 5.92. The molecule has 2 aromatic carbocycles. The summed E-state index contributed by atoms with van der Waals surface area (Å²) in [5.74, 6) is 0. The summed E-state index contributed by atoms with van der Waals surface area (Å²) in [7, 11) is 0. The summed E-state index contributed by atoms with van der Waals surface area (Å²) < 4.78 is 0. The van der Waals surface area contributed by atoms with Crippen LogP contribution in [0.5, 0.6) is 0 Å². The van der Waals surface area contributed by atoms with E-state index in [1.807, 2.05) is 76.2 Å². The van der Waals surface area contributed by atoms with Gasteiger partial charge in [-0.2, -0.15) is 0 Å². The fraction of sp³-hybridized carbons (Fsp3) is 0.227. The van der Waals surface area contributed by atoms with E-state index in [1.165, 1.54) is 4.90 Å². The number of amides is 1. The molecule has 0 heterocycles. The SMILES string of the molecule is C=C(C)c1cccc(C(C)(C)N(C(=O)O)c2ccccc2C(=C)C)c1. The Balaban J connectivity index is 2.64. The van der Waals surface area contributed by atoms with E-state index >= 15 is 0 Å². The minimum Gasteiger partial charge on any atom is -0.465 e. The van der Waals surface area contributed by atoms with Gasteiger partial charge in [-0.15, -0.1) is 0 Å². The third-order valence-corrected chi connectivity index (χ3v) is 4.42. The zero-order valence-electron chi connectivity index (χ0n) is 15.3. The predicted molar refractivity (Wildman–Crippen MR) is 106 cm³/mol. The van der Waals surface area contributed by atoms with Crippen LogP contribution >= 0.6 is 0 Å². The van der Waals surface area contributed by atoms with E-state index in [1.54, 1.807) is 0 Å². The standard InChI is InChI=1S/C22H25NO2/c1-15(2)17-10-9-11-18(14-17)22(5,6)23(21(24)25)20-13-8-7-12-19(20)16(3)4/h7-14H,1,3H2,2,4-6H3,(H,24,25). The number of carboxylic acid groups (broad SMARTS) is 1. The van der Waals surface area contributed by atoms with E-state index in [9.17, 15) is 9.90 Å². The minimum absolute atomic E-state index is 0.633. The number of anilines is 1. The summed E-state index contributed by atoms with van der Waals surface area (Å²) in [5, 5.41) is 9.99. The van der Waals surface area contributed by atoms with Gasteiger partial charge in [0.05, 0.1) is 11.2 Å². The Labute approximate surface area is 149 Å². The van der Waals surface area contributed by atoms with Crippen molar-refractivity contribution in [2.75, 3.05) is 4.90 Å². The number of nitrogens with zero attached hydrogens (tertiary/aromatic N) is 1. The molecule has 0 saturated carbocycles. The van der Waals surface area contributed by atoms with Crippen LogP contribution in [0, 0.1) is 0 Å². The molecule has 0 spiro atoms. The zero-order valence-corrected chi connectivity index (χ0v) is 15.3. The molecule has 1 amide bonds. The molecule has 2 aromatic rings. The molecule has 0 bridgehead atoms. The van der Waals surface area contributed by atoms with Gasteiger partial charge < -0.3 is 5.11 Å². The molecule has 0 unspecified atom stereocenters. The van der Waals surface area contributed by atoms with Crippen molar-refractivity contribution in [2.24, 2.45) is 0 Å². The van der Waals surface area contributed by atoms with Crippen molar-refractivity contribution in [3.8, 4) is 0 Å². The summed E-state index contributed by atoms with van der Waals surface area (Å²) in [6, 6.07) is 15.3. The summed E-state index contributed by atoms with van der Waals surface area (Å²) in [6.45, 7) is 15.6. The van der Waals surface area contributed by atoms with Gasteiger partial charge in [0.2, 0.25) is 0 Å². The monoisotopic (exact) mass is 335 g/mol. The van der Waals surface area contributed by atoms with Gasteiger partial charge in [0, 0.05) is 5.56 Å². The topological polar surface area (TPSA) is 40.5 Å². The Morgan fingerprint density at radius 3 is 2.20 bits per heavy atom. The van der Waals surface area contributed by atoms with Crippen molar-refractivity contribution in [2.45, 2.75) is 33.2 Å². The fourth-order valence-electron chi connectivity index (χ4n) is 2.97. The molecule has 3 heteroatoms. The van der Waals surface area contributed by atoms with Crippen molar-refractivity contribution >= 4 is 22.9 Å². The second kappa shape index (κ2) is 6.98. The first-order valence-corrected chi connectivity index (χ1v) is 8.20. The third-order valence-electron chi connectivity index (χ3n) is 4.42. The second-order valence-electron chi connectivity index (χ2n) is 6.84. The van der Waals surface area contributed by atoms with Crippen LogP contribution in [0.3, 0.4) is 0 Å². The molecule has 0 atom stereocenters. The normalized spacial score (nSPS) is 11.0. The molecule has 0 fully saturated rings. The first-order chi connectivity index (χ1) is 11.7. The third kappa shape index (κ3) is 3.66. The Bertz CT molecular complexity index is 833. The minimum atomic E-state index is -1.00. The molecule has 3 nitrogen and oxygen atoms in total. The lowest BCUT2D eigenvalue weighted by molar-refractivity contribution is 0.194. The first-order valence-electron chi connectivity index (χ1n) is 8.20. The molecule has 1 N–H and O–H groups in total. The molecule has 0 aromatic heterocycles. The van der Waals surface area contributed by atoms with Gasteiger partial charge in [-0.1, -0.05) is 55.1 Å². The highest BCUT2D eigenvalue weighted by atomic mass is 16.4. The van der Waals surface area contributed by atoms with Crippen molar-refractivity contribution < 1.29 is 9.90 Å². The number of carbonyl (C=O) groups is 1. The van der Waals surface area contributed by atoms with Crippen LogP contribution in [0.2, 0.25) is 0 Å². The lowest BCUT2D eigenvalue weighted by atomic mass is 9.89. The quantitative estimate of drug-likeness (QED) is 0.709. The van der Waals surface area contributed by atoms with E-state index in [2.05, 4.69) is 13.2 Å². The van der Waals surface area contributed by atoms with E-state index in [-0.39, 0.29) is 0 Å². The van der Waals surface area contributed by atoms with Crippen LogP contribution in [0.25, 0.3) is 11.1 Å². The van der Waals surface area contributed by atoms with Gasteiger partial charge in [0.1, 0.15) is 0 Å². The number of hydrogen-bond donors (Lipinski definition) is 1. The fourth-order valence-corrected chi connectivity index (χ4v) is 2.97. The molecule has 0 radical (unpaired) electrons. The molecule has 0 saturated heterocycles. The Hall–Kier alpha value is -2.81. The van der Waals surface area contributed by atoms with Gasteiger partial charge in [-0.25, -0.2) is 4.79 Å². The molecule has 0 aliphatic carbocycles. The first kappa shape index (κ1) is 18.5. The summed E-state index contributed by atoms with van der Waals surface area (Å²) in [4.78, 5) is 13.6. The van der Waals surface area contributed by atoms with Crippen LogP contribution in [-0.4, -0.2) is 11.2 Å². The molecule has 0 aliphatic rings. The van der Waals surface area contributed by atoms with Gasteiger partial charge in [-0.05, 0) is 56.5 Å². The lowest BCUT2D eigenvalue weighted by Crippen LogP contribution is -2.45. The zero-order chi connectivity index (χ0) is 18.8. The molecule has 0 aliphatic heterocycles. The van der Waals surface area contributed by atoms with Crippen molar-refractivity contribution in [3.63, 3.8) is 0 Å². The van der Waals surface area contributed by atoms with E-state index in [0.717, 1.165) is 27.8 Å². The van der Waals surface area contributed by atoms with Crippen LogP contribution in [0.15, 0.2) is 61.7 Å². The maximum Gasteiger partial charge on any atom is 0.412 e. The highest BCUT2D eigenvalue weighted by Gasteiger charge is 2.35. The van der Waals surface area contributed by atoms with Crippen molar-refractivity contribution in [3.05, 3.63) is 78.4 Å². The average molecular weight is 335 g/mol. The molecular weight excluding hydrogens is 310 g/mol. The van der Waals surface area contributed by atoms with E-state index in [4.69, 9.17) is 0 Å². The average Bonchev–Trinajstić information content (AvgIpc) is 2.54. The Kier molecular flexibility index (Phi) is 5.17. The Morgan fingerprint density at radius 1 is 1.00 bits per heavy atom. The van der Waals surface area contributed by atoms with Gasteiger partial charge in [0.15, 0.2) is 0 Å². The summed E-state index contributed by atoms with van der Waals surface area (Å²) in [5.41, 5.74) is 4.39. The van der Waals surface area contributed by atoms with Crippen LogP contribution in [0.1, 0.15) is 44.4 Å². The smallest absolute Gasteiger partial charge is 0.412 e. The second-order valence-corrected chi connectivity index (χ2v) is 6.84. The maximum absolute atomic E-state index is 12.2. The van der Waals surface area contributed by atoms with Crippen LogP contribution < -0.4 is 4.90 Å². The maximum atomic E-state index is 12.2. The predicted octanol–water partition coefficient (Wildman–Crippen LogP) is 6.17. The molecular formula is C22H25NO2. The number of hydrogen-bond acceptors (Lipinski definition) is 1. The number of allylic oxidation sites excluding steroid dienone is 2. The van der Waals surface area contributed by atoms with Crippen molar-refractivity contribution in [1.82, 2.24) is 0 Å². The summed E-state index contributed by atoms with van der Waals surface area (Å²) >= 11 is 0. The van der Waals surface area contributed by atoms with Gasteiger partial charge in [-0.3, -0.25) is 4.90 Å². The largest absolute Gasteiger partial charge is 0.465 e. The molecule has 2 rings (SSSR count). The summed E-state index contributed by atoms with van der Waals surface area (Å²) in [6.07, 6.45) is -1.00. The van der Waals surface area contributed by atoms with Crippen LogP contribution in [0.4, 0.5) is 10.5 Å². The molecule has 25 heavy (non-hydrogen) atoms. The number of para-hydroxylation sites is 1. The highest BCUT2D eigenvalue weighted by Crippen LogP contribution is 2.37. The number of benzene rings is 2. The Morgan fingerprint density at radius 2 is 1.64 bits per heavy atom. The van der Waals surface area contributed by atoms with Crippen molar-refractivity contribution in [1.29, 1.82) is 0 Å². The van der Waals surface area contributed by atoms with Gasteiger partial charge in [0.25, 0.3) is 0 Å². The lowest BCUT2D eigenvalue weighted by Gasteiger charge is -2.38. The molecule has 130 valence electrons. The number of rotatable bonds is 5. The van der Waals surface area contributed by atoms with Gasteiger partial charge >= 0.3 is 6.09 Å². The van der Waals surface area contributed by atoms with E-state index < -0.39 is 11.6 Å².